The van der Waals surface area contributed by atoms with E-state index < -0.39 is 9.84 Å². The second-order valence-corrected chi connectivity index (χ2v) is 8.93. The van der Waals surface area contributed by atoms with Gasteiger partial charge in [-0.1, -0.05) is 13.8 Å². The van der Waals surface area contributed by atoms with Crippen molar-refractivity contribution in [3.63, 3.8) is 0 Å². The first-order valence-corrected chi connectivity index (χ1v) is 9.51. The molecule has 0 bridgehead atoms. The van der Waals surface area contributed by atoms with Gasteiger partial charge in [-0.05, 0) is 32.2 Å². The van der Waals surface area contributed by atoms with Crippen molar-refractivity contribution < 1.29 is 8.42 Å². The van der Waals surface area contributed by atoms with E-state index in [1.54, 1.807) is 0 Å². The smallest absolute Gasteiger partial charge is 0.148 e. The summed E-state index contributed by atoms with van der Waals surface area (Å²) < 4.78 is 23.1. The standard InChI is InChI=1S/C14H28N2O2S/c1-11(2)14-9-15-7-5-6-13(15)8-16(14)12(3)10-19(4,17)18/h11-14H,5-10H2,1-4H3. The number of nitrogens with zero attached hydrogens (tertiary/aromatic N) is 2. The first-order chi connectivity index (χ1) is 8.78. The van der Waals surface area contributed by atoms with Crippen LogP contribution in [0.5, 0.6) is 0 Å². The molecule has 0 saturated carbocycles. The van der Waals surface area contributed by atoms with Gasteiger partial charge in [-0.2, -0.15) is 0 Å². The molecule has 112 valence electrons. The highest BCUT2D eigenvalue weighted by molar-refractivity contribution is 7.90. The molecule has 0 aromatic heterocycles. The zero-order chi connectivity index (χ0) is 14.2. The van der Waals surface area contributed by atoms with Crippen LogP contribution >= 0.6 is 0 Å². The van der Waals surface area contributed by atoms with Crippen LogP contribution in [-0.2, 0) is 9.84 Å². The summed E-state index contributed by atoms with van der Waals surface area (Å²) in [6, 6.07) is 1.27. The van der Waals surface area contributed by atoms with Gasteiger partial charge in [-0.3, -0.25) is 9.80 Å². The van der Waals surface area contributed by atoms with E-state index in [1.165, 1.54) is 25.6 Å². The number of rotatable bonds is 4. The van der Waals surface area contributed by atoms with Gasteiger partial charge in [-0.25, -0.2) is 8.42 Å². The third-order valence-corrected chi connectivity index (χ3v) is 5.74. The minimum Gasteiger partial charge on any atom is -0.298 e. The first kappa shape index (κ1) is 15.3. The summed E-state index contributed by atoms with van der Waals surface area (Å²) in [4.78, 5) is 5.06. The van der Waals surface area contributed by atoms with Crippen molar-refractivity contribution in [3.05, 3.63) is 0 Å². The zero-order valence-corrected chi connectivity index (χ0v) is 13.5. The molecule has 3 atom stereocenters. The Morgan fingerprint density at radius 3 is 2.47 bits per heavy atom. The highest BCUT2D eigenvalue weighted by Crippen LogP contribution is 2.29. The van der Waals surface area contributed by atoms with Gasteiger partial charge in [0.1, 0.15) is 9.84 Å². The highest BCUT2D eigenvalue weighted by Gasteiger charge is 2.39. The second kappa shape index (κ2) is 5.70. The Morgan fingerprint density at radius 2 is 1.89 bits per heavy atom. The van der Waals surface area contributed by atoms with E-state index in [0.717, 1.165) is 13.1 Å². The number of sulfone groups is 1. The van der Waals surface area contributed by atoms with Crippen molar-refractivity contribution in [3.8, 4) is 0 Å². The Morgan fingerprint density at radius 1 is 1.21 bits per heavy atom. The normalized spacial score (nSPS) is 31.6. The molecule has 0 aromatic carbocycles. The lowest BCUT2D eigenvalue weighted by molar-refractivity contribution is 0.0102. The van der Waals surface area contributed by atoms with Crippen molar-refractivity contribution in [2.45, 2.75) is 51.7 Å². The molecule has 0 spiro atoms. The molecule has 2 saturated heterocycles. The Balaban J connectivity index is 2.10. The minimum atomic E-state index is -2.90. The average molecular weight is 288 g/mol. The van der Waals surface area contributed by atoms with E-state index in [1.807, 2.05) is 0 Å². The summed E-state index contributed by atoms with van der Waals surface area (Å²) in [6.07, 6.45) is 3.91. The Bertz CT molecular complexity index is 408. The van der Waals surface area contributed by atoms with Crippen LogP contribution in [0, 0.1) is 5.92 Å². The average Bonchev–Trinajstić information content (AvgIpc) is 2.71. The quantitative estimate of drug-likeness (QED) is 0.780. The molecule has 5 heteroatoms. The molecule has 2 fully saturated rings. The van der Waals surface area contributed by atoms with Crippen LogP contribution in [0.1, 0.15) is 33.6 Å². The molecule has 0 radical (unpaired) electrons. The monoisotopic (exact) mass is 288 g/mol. The molecule has 0 N–H and O–H groups in total. The van der Waals surface area contributed by atoms with Crippen molar-refractivity contribution >= 4 is 9.84 Å². The number of fused-ring (bicyclic) bond motifs is 1. The van der Waals surface area contributed by atoms with E-state index in [0.29, 0.717) is 18.0 Å². The summed E-state index contributed by atoms with van der Waals surface area (Å²) in [5, 5.41) is 0. The SMILES string of the molecule is CC(C)C1CN2CCCC2CN1C(C)CS(C)(=O)=O. The van der Waals surface area contributed by atoms with E-state index >= 15 is 0 Å². The van der Waals surface area contributed by atoms with E-state index in [4.69, 9.17) is 0 Å². The van der Waals surface area contributed by atoms with Crippen molar-refractivity contribution in [2.75, 3.05) is 31.6 Å². The predicted octanol–water partition coefficient (Wildman–Crippen LogP) is 1.22. The van der Waals surface area contributed by atoms with Crippen LogP contribution < -0.4 is 0 Å². The molecule has 0 aromatic rings. The van der Waals surface area contributed by atoms with Crippen molar-refractivity contribution in [1.29, 1.82) is 0 Å². The maximum atomic E-state index is 11.6. The predicted molar refractivity (Wildman–Crippen MR) is 79.1 cm³/mol. The van der Waals surface area contributed by atoms with Gasteiger partial charge < -0.3 is 0 Å². The third-order valence-electron chi connectivity index (χ3n) is 4.65. The van der Waals surface area contributed by atoms with Gasteiger partial charge in [0.2, 0.25) is 0 Å². The summed E-state index contributed by atoms with van der Waals surface area (Å²) in [7, 11) is -2.90. The molecule has 2 aliphatic heterocycles. The van der Waals surface area contributed by atoms with Gasteiger partial charge in [0.15, 0.2) is 0 Å². The largest absolute Gasteiger partial charge is 0.298 e. The number of hydrogen-bond donors (Lipinski definition) is 0. The molecule has 19 heavy (non-hydrogen) atoms. The molecular formula is C14H28N2O2S. The molecule has 4 nitrogen and oxygen atoms in total. The van der Waals surface area contributed by atoms with Crippen molar-refractivity contribution in [2.24, 2.45) is 5.92 Å². The molecule has 2 rings (SSSR count). The maximum absolute atomic E-state index is 11.6. The topological polar surface area (TPSA) is 40.6 Å². The fourth-order valence-corrected chi connectivity index (χ4v) is 4.77. The van der Waals surface area contributed by atoms with Crippen molar-refractivity contribution in [1.82, 2.24) is 9.80 Å². The summed E-state index contributed by atoms with van der Waals surface area (Å²) >= 11 is 0. The highest BCUT2D eigenvalue weighted by atomic mass is 32.2. The summed E-state index contributed by atoms with van der Waals surface area (Å²) in [5.74, 6) is 0.853. The van der Waals surface area contributed by atoms with Gasteiger partial charge in [0.25, 0.3) is 0 Å². The lowest BCUT2D eigenvalue weighted by atomic mass is 9.96. The fraction of sp³-hybridized carbons (Fsp3) is 1.00. The van der Waals surface area contributed by atoms with Gasteiger partial charge in [-0.15, -0.1) is 0 Å². The lowest BCUT2D eigenvalue weighted by Crippen LogP contribution is -2.61. The first-order valence-electron chi connectivity index (χ1n) is 7.45. The maximum Gasteiger partial charge on any atom is 0.148 e. The Labute approximate surface area is 118 Å². The van der Waals surface area contributed by atoms with Crippen LogP contribution in [0.25, 0.3) is 0 Å². The summed E-state index contributed by atoms with van der Waals surface area (Å²) in [6.45, 7) is 9.95. The molecule has 0 amide bonds. The zero-order valence-electron chi connectivity index (χ0n) is 12.7. The van der Waals surface area contributed by atoms with Crippen LogP contribution in [0.3, 0.4) is 0 Å². The van der Waals surface area contributed by atoms with E-state index in [9.17, 15) is 8.42 Å². The van der Waals surface area contributed by atoms with Gasteiger partial charge in [0.05, 0.1) is 5.75 Å². The van der Waals surface area contributed by atoms with Crippen LogP contribution in [0.2, 0.25) is 0 Å². The van der Waals surface area contributed by atoms with E-state index in [-0.39, 0.29) is 11.8 Å². The van der Waals surface area contributed by atoms with Gasteiger partial charge in [0, 0.05) is 37.5 Å². The third kappa shape index (κ3) is 3.70. The van der Waals surface area contributed by atoms with Crippen LogP contribution in [-0.4, -0.2) is 68.0 Å². The fourth-order valence-electron chi connectivity index (χ4n) is 3.70. The molecule has 0 aliphatic carbocycles. The molecule has 2 heterocycles. The van der Waals surface area contributed by atoms with Crippen LogP contribution in [0.15, 0.2) is 0 Å². The Hall–Kier alpha value is -0.130. The molecule has 2 aliphatic rings. The Kier molecular flexibility index (Phi) is 4.58. The summed E-state index contributed by atoms with van der Waals surface area (Å²) in [5.41, 5.74) is 0. The molecular weight excluding hydrogens is 260 g/mol. The van der Waals surface area contributed by atoms with E-state index in [2.05, 4.69) is 30.6 Å². The molecule has 3 unspecified atom stereocenters. The van der Waals surface area contributed by atoms with Crippen LogP contribution in [0.4, 0.5) is 0 Å². The lowest BCUT2D eigenvalue weighted by Gasteiger charge is -2.48. The number of piperazine rings is 1. The number of hydrogen-bond acceptors (Lipinski definition) is 4. The minimum absolute atomic E-state index is 0.130. The van der Waals surface area contributed by atoms with Gasteiger partial charge >= 0.3 is 0 Å². The second-order valence-electron chi connectivity index (χ2n) is 6.74.